The van der Waals surface area contributed by atoms with Gasteiger partial charge in [0.05, 0.1) is 22.3 Å². The largest absolute Gasteiger partial charge is 0.457 e. The van der Waals surface area contributed by atoms with Crippen molar-refractivity contribution < 1.29 is 38.2 Å². The first-order valence-electron chi connectivity index (χ1n) is 14.6. The second-order valence-corrected chi connectivity index (χ2v) is 11.5. The zero-order chi connectivity index (χ0) is 32.9. The Morgan fingerprint density at radius 3 is 1.35 bits per heavy atom. The minimum absolute atomic E-state index is 0.0426. The molecule has 0 radical (unpaired) electrons. The maximum absolute atomic E-state index is 12.7. The lowest BCUT2D eigenvalue weighted by molar-refractivity contribution is -0.126. The Kier molecular flexibility index (Phi) is 7.36. The summed E-state index contributed by atoms with van der Waals surface area (Å²) < 4.78 is 11.9. The van der Waals surface area contributed by atoms with Crippen molar-refractivity contribution >= 4 is 35.4 Å². The van der Waals surface area contributed by atoms with E-state index in [0.717, 1.165) is 11.1 Å². The zero-order valence-electron chi connectivity index (χ0n) is 25.5. The van der Waals surface area contributed by atoms with E-state index in [0.29, 0.717) is 32.8 Å². The van der Waals surface area contributed by atoms with E-state index in [2.05, 4.69) is 13.8 Å². The highest BCUT2D eigenvalue weighted by molar-refractivity contribution is 6.29. The highest BCUT2D eigenvalue weighted by Gasteiger charge is 2.40. The highest BCUT2D eigenvalue weighted by Crippen LogP contribution is 2.36. The van der Waals surface area contributed by atoms with Crippen LogP contribution in [0.15, 0.2) is 84.9 Å². The van der Waals surface area contributed by atoms with Crippen LogP contribution in [-0.4, -0.2) is 45.2 Å². The van der Waals surface area contributed by atoms with Crippen LogP contribution in [0.5, 0.6) is 23.0 Å². The van der Waals surface area contributed by atoms with Gasteiger partial charge in [-0.25, -0.2) is 9.80 Å². The Hall–Kier alpha value is -5.90. The smallest absolute Gasteiger partial charge is 0.268 e. The lowest BCUT2D eigenvalue weighted by atomic mass is 9.78. The summed E-state index contributed by atoms with van der Waals surface area (Å²) >= 11 is 0. The second kappa shape index (κ2) is 11.2. The summed E-state index contributed by atoms with van der Waals surface area (Å²) in [5.74, 6) is -1.97. The molecule has 2 aliphatic rings. The first-order chi connectivity index (χ1) is 21.9. The Bertz CT molecular complexity index is 1980. The van der Waals surface area contributed by atoms with Gasteiger partial charge in [0.25, 0.3) is 23.6 Å². The maximum atomic E-state index is 12.7. The van der Waals surface area contributed by atoms with Crippen molar-refractivity contribution in [2.24, 2.45) is 0 Å². The van der Waals surface area contributed by atoms with Crippen molar-refractivity contribution in [1.82, 2.24) is 9.80 Å². The van der Waals surface area contributed by atoms with Gasteiger partial charge >= 0.3 is 0 Å². The molecule has 0 fully saturated rings. The van der Waals surface area contributed by atoms with Crippen LogP contribution < -0.4 is 9.47 Å². The molecule has 0 bridgehead atoms. The number of rotatable bonds is 7. The Labute approximate surface area is 264 Å². The van der Waals surface area contributed by atoms with Crippen LogP contribution in [0.2, 0.25) is 0 Å². The number of amides is 6. The van der Waals surface area contributed by atoms with Crippen LogP contribution >= 0.6 is 0 Å². The van der Waals surface area contributed by atoms with E-state index in [9.17, 15) is 28.8 Å². The fraction of sp³-hybridized carbons (Fsp3) is 0.167. The summed E-state index contributed by atoms with van der Waals surface area (Å²) in [6, 6.07) is 24.1. The van der Waals surface area contributed by atoms with Gasteiger partial charge in [-0.2, -0.15) is 0 Å². The van der Waals surface area contributed by atoms with Crippen molar-refractivity contribution in [3.05, 3.63) is 118 Å². The number of benzene rings is 4. The maximum Gasteiger partial charge on any atom is 0.268 e. The van der Waals surface area contributed by atoms with Gasteiger partial charge in [-0.3, -0.25) is 28.8 Å². The molecule has 2 aliphatic heterocycles. The van der Waals surface area contributed by atoms with Crippen LogP contribution in [0.4, 0.5) is 0 Å². The SMILES string of the molecule is CCC(=O)N1C(=O)c2ccc(Oc3ccc(C(C)(C)c4ccc(Oc5ccc6c(c5)C(=O)N(C(C)=O)C6=O)cc4)cc3)cc2C1=O. The number of imide groups is 6. The molecule has 4 aromatic carbocycles. The number of fused-ring (bicyclic) bond motifs is 2. The number of carbonyl (C=O) groups is 6. The third-order valence-corrected chi connectivity index (χ3v) is 8.21. The number of carbonyl (C=O) groups excluding carboxylic acids is 6. The molecule has 0 aliphatic carbocycles. The van der Waals surface area contributed by atoms with Crippen molar-refractivity contribution in [2.45, 2.75) is 39.5 Å². The minimum atomic E-state index is -0.665. The molecular formula is C36H28N2O8. The first-order valence-corrected chi connectivity index (χ1v) is 14.6. The topological polar surface area (TPSA) is 127 Å². The van der Waals surface area contributed by atoms with Crippen LogP contribution in [0.3, 0.4) is 0 Å². The molecule has 10 nitrogen and oxygen atoms in total. The molecule has 6 rings (SSSR count). The van der Waals surface area contributed by atoms with E-state index in [1.807, 2.05) is 48.5 Å². The van der Waals surface area contributed by atoms with Gasteiger partial charge in [0.15, 0.2) is 0 Å². The van der Waals surface area contributed by atoms with E-state index in [1.165, 1.54) is 31.2 Å². The van der Waals surface area contributed by atoms with Crippen LogP contribution in [0, 0.1) is 0 Å². The lowest BCUT2D eigenvalue weighted by Gasteiger charge is -2.26. The van der Waals surface area contributed by atoms with E-state index in [-0.39, 0.29) is 28.7 Å². The van der Waals surface area contributed by atoms with E-state index in [4.69, 9.17) is 9.47 Å². The van der Waals surface area contributed by atoms with Gasteiger partial charge in [0.2, 0.25) is 11.8 Å². The molecule has 6 amide bonds. The molecule has 2 heterocycles. The Morgan fingerprint density at radius 2 is 0.935 bits per heavy atom. The van der Waals surface area contributed by atoms with Crippen molar-refractivity contribution in [1.29, 1.82) is 0 Å². The summed E-state index contributed by atoms with van der Waals surface area (Å²) in [4.78, 5) is 75.2. The molecule has 46 heavy (non-hydrogen) atoms. The Balaban J connectivity index is 1.14. The fourth-order valence-electron chi connectivity index (χ4n) is 5.56. The summed E-state index contributed by atoms with van der Waals surface area (Å²) in [7, 11) is 0. The van der Waals surface area contributed by atoms with Gasteiger partial charge < -0.3 is 9.47 Å². The van der Waals surface area contributed by atoms with Gasteiger partial charge in [-0.1, -0.05) is 45.0 Å². The number of hydrogen-bond donors (Lipinski definition) is 0. The number of hydrogen-bond acceptors (Lipinski definition) is 8. The third kappa shape index (κ3) is 5.03. The molecule has 10 heteroatoms. The zero-order valence-corrected chi connectivity index (χ0v) is 25.5. The Morgan fingerprint density at radius 1 is 0.565 bits per heavy atom. The quantitative estimate of drug-likeness (QED) is 0.222. The fourth-order valence-corrected chi connectivity index (χ4v) is 5.56. The van der Waals surface area contributed by atoms with E-state index < -0.39 is 40.9 Å². The van der Waals surface area contributed by atoms with Gasteiger partial charge in [-0.15, -0.1) is 0 Å². The van der Waals surface area contributed by atoms with Gasteiger partial charge in [-0.05, 0) is 71.8 Å². The molecule has 230 valence electrons. The van der Waals surface area contributed by atoms with Crippen molar-refractivity contribution in [3.63, 3.8) is 0 Å². The monoisotopic (exact) mass is 616 g/mol. The van der Waals surface area contributed by atoms with Crippen molar-refractivity contribution in [3.8, 4) is 23.0 Å². The molecule has 0 unspecified atom stereocenters. The molecule has 0 saturated carbocycles. The second-order valence-electron chi connectivity index (χ2n) is 11.5. The van der Waals surface area contributed by atoms with E-state index >= 15 is 0 Å². The molecule has 0 saturated heterocycles. The summed E-state index contributed by atoms with van der Waals surface area (Å²) in [5, 5.41) is 0. The number of nitrogens with zero attached hydrogens (tertiary/aromatic N) is 2. The molecule has 4 aromatic rings. The lowest BCUT2D eigenvalue weighted by Crippen LogP contribution is -2.35. The molecular weight excluding hydrogens is 588 g/mol. The molecule has 0 spiro atoms. The average Bonchev–Trinajstić information content (AvgIpc) is 3.44. The van der Waals surface area contributed by atoms with Gasteiger partial charge in [0, 0.05) is 18.8 Å². The third-order valence-electron chi connectivity index (χ3n) is 8.21. The molecule has 0 atom stereocenters. The van der Waals surface area contributed by atoms with Crippen molar-refractivity contribution in [2.75, 3.05) is 0 Å². The van der Waals surface area contributed by atoms with Crippen LogP contribution in [0.25, 0.3) is 0 Å². The molecule has 0 N–H and O–H groups in total. The van der Waals surface area contributed by atoms with Crippen LogP contribution in [0.1, 0.15) is 86.7 Å². The van der Waals surface area contributed by atoms with Crippen LogP contribution in [-0.2, 0) is 15.0 Å². The highest BCUT2D eigenvalue weighted by atomic mass is 16.5. The van der Waals surface area contributed by atoms with E-state index in [1.54, 1.807) is 19.1 Å². The minimum Gasteiger partial charge on any atom is -0.457 e. The summed E-state index contributed by atoms with van der Waals surface area (Å²) in [6.07, 6.45) is 0.0426. The first kappa shape index (κ1) is 30.1. The van der Waals surface area contributed by atoms with Gasteiger partial charge in [0.1, 0.15) is 23.0 Å². The normalized spacial score (nSPS) is 14.0. The average molecular weight is 617 g/mol. The number of ether oxygens (including phenoxy) is 2. The summed E-state index contributed by atoms with van der Waals surface area (Å²) in [6.45, 7) is 6.92. The standard InChI is InChI=1S/C36H28N2O8/c1-5-31(40)38-33(42)28-17-15-26(19-30(28)35(38)44)46-24-12-8-22(9-13-24)36(3,4)21-6-10-23(11-7-21)45-25-14-16-27-29(18-25)34(43)37(20(2)39)32(27)41/h6-19H,5H2,1-4H3. The predicted molar refractivity (Wildman–Crippen MR) is 165 cm³/mol. The summed E-state index contributed by atoms with van der Waals surface area (Å²) in [5.41, 5.74) is 2.21. The molecule has 0 aromatic heterocycles. The predicted octanol–water partition coefficient (Wildman–Crippen LogP) is 6.27.